The topological polar surface area (TPSA) is 71.2 Å². The Morgan fingerprint density at radius 1 is 1.00 bits per heavy atom. The van der Waals surface area contributed by atoms with E-state index in [9.17, 15) is 4.79 Å². The van der Waals surface area contributed by atoms with Crippen molar-refractivity contribution in [2.24, 2.45) is 0 Å². The fourth-order valence-corrected chi connectivity index (χ4v) is 3.14. The Morgan fingerprint density at radius 2 is 1.71 bits per heavy atom. The molecule has 142 valence electrons. The molecule has 0 aliphatic heterocycles. The van der Waals surface area contributed by atoms with E-state index in [1.807, 2.05) is 24.3 Å². The van der Waals surface area contributed by atoms with Crippen molar-refractivity contribution in [3.8, 4) is 17.2 Å². The number of rotatable bonds is 5. The van der Waals surface area contributed by atoms with Crippen molar-refractivity contribution in [1.29, 1.82) is 0 Å². The van der Waals surface area contributed by atoms with Gasteiger partial charge in [-0.15, -0.1) is 0 Å². The molecule has 28 heavy (non-hydrogen) atoms. The molecule has 4 rings (SSSR count). The Hall–Kier alpha value is -3.32. The van der Waals surface area contributed by atoms with Crippen LogP contribution in [-0.4, -0.2) is 33.6 Å². The monoisotopic (exact) mass is 396 g/mol. The molecule has 0 saturated heterocycles. The van der Waals surface area contributed by atoms with Gasteiger partial charge in [-0.25, -0.2) is 9.78 Å². The minimum atomic E-state index is -0.271. The van der Waals surface area contributed by atoms with E-state index >= 15 is 0 Å². The third-order valence-electron chi connectivity index (χ3n) is 4.44. The molecule has 0 bridgehead atoms. The van der Waals surface area contributed by atoms with Gasteiger partial charge in [0.25, 0.3) is 0 Å². The highest BCUT2D eigenvalue weighted by atomic mass is 35.5. The zero-order valence-corrected chi connectivity index (χ0v) is 16.1. The minimum Gasteiger partial charge on any atom is -0.497 e. The molecule has 0 N–H and O–H groups in total. The number of benzene rings is 2. The van der Waals surface area contributed by atoms with Crippen LogP contribution in [0.4, 0.5) is 0 Å². The first-order chi connectivity index (χ1) is 13.6. The van der Waals surface area contributed by atoms with E-state index in [1.54, 1.807) is 38.5 Å². The summed E-state index contributed by atoms with van der Waals surface area (Å²) in [7, 11) is 3.20. The van der Waals surface area contributed by atoms with E-state index in [1.165, 1.54) is 15.6 Å². The maximum absolute atomic E-state index is 12.8. The Bertz CT molecular complexity index is 1200. The predicted octanol–water partition coefficient (Wildman–Crippen LogP) is 3.30. The number of halogens is 1. The second-order valence-corrected chi connectivity index (χ2v) is 6.51. The lowest BCUT2D eigenvalue weighted by Crippen LogP contribution is -2.24. The minimum absolute atomic E-state index is 0.258. The summed E-state index contributed by atoms with van der Waals surface area (Å²) < 4.78 is 13.2. The average Bonchev–Trinajstić information content (AvgIpc) is 3.08. The summed E-state index contributed by atoms with van der Waals surface area (Å²) in [4.78, 5) is 17.2. The molecular formula is C20H17ClN4O3. The number of nitrogens with zero attached hydrogens (tertiary/aromatic N) is 4. The van der Waals surface area contributed by atoms with Crippen molar-refractivity contribution in [1.82, 2.24) is 19.3 Å². The van der Waals surface area contributed by atoms with Crippen LogP contribution in [0.25, 0.3) is 16.6 Å². The third-order valence-corrected chi connectivity index (χ3v) is 4.77. The molecule has 2 heterocycles. The van der Waals surface area contributed by atoms with Gasteiger partial charge in [0, 0.05) is 10.9 Å². The SMILES string of the molecule is COc1ccc(-n2ncn(Cc3cc4cc(OC)ccc4nc3Cl)c2=O)cc1. The van der Waals surface area contributed by atoms with Gasteiger partial charge in [-0.2, -0.15) is 9.78 Å². The molecule has 0 aliphatic rings. The van der Waals surface area contributed by atoms with Gasteiger partial charge in [0.05, 0.1) is 32.0 Å². The summed E-state index contributed by atoms with van der Waals surface area (Å²) in [5.74, 6) is 1.44. The van der Waals surface area contributed by atoms with Crippen LogP contribution in [-0.2, 0) is 6.54 Å². The number of hydrogen-bond donors (Lipinski definition) is 0. The second kappa shape index (κ2) is 7.36. The summed E-state index contributed by atoms with van der Waals surface area (Å²) in [6.07, 6.45) is 1.48. The zero-order valence-electron chi connectivity index (χ0n) is 15.3. The Balaban J connectivity index is 1.68. The van der Waals surface area contributed by atoms with E-state index in [-0.39, 0.29) is 12.2 Å². The highest BCUT2D eigenvalue weighted by molar-refractivity contribution is 6.30. The van der Waals surface area contributed by atoms with Crippen LogP contribution >= 0.6 is 11.6 Å². The molecule has 2 aromatic heterocycles. The van der Waals surface area contributed by atoms with Crippen molar-refractivity contribution >= 4 is 22.5 Å². The summed E-state index contributed by atoms with van der Waals surface area (Å²) in [5.41, 5.74) is 1.86. The van der Waals surface area contributed by atoms with E-state index in [0.717, 1.165) is 22.2 Å². The Morgan fingerprint density at radius 3 is 2.43 bits per heavy atom. The van der Waals surface area contributed by atoms with Crippen LogP contribution in [0, 0.1) is 0 Å². The predicted molar refractivity (Wildman–Crippen MR) is 107 cm³/mol. The number of aromatic nitrogens is 4. The molecule has 4 aromatic rings. The van der Waals surface area contributed by atoms with Crippen LogP contribution in [0.15, 0.2) is 59.7 Å². The molecule has 0 amide bonds. The highest BCUT2D eigenvalue weighted by Crippen LogP contribution is 2.24. The lowest BCUT2D eigenvalue weighted by atomic mass is 10.1. The summed E-state index contributed by atoms with van der Waals surface area (Å²) in [6, 6.07) is 14.6. The van der Waals surface area contributed by atoms with Crippen LogP contribution in [0.1, 0.15) is 5.56 Å². The summed E-state index contributed by atoms with van der Waals surface area (Å²) in [6.45, 7) is 0.258. The molecule has 7 nitrogen and oxygen atoms in total. The van der Waals surface area contributed by atoms with Crippen molar-refractivity contribution in [2.75, 3.05) is 14.2 Å². The first kappa shape index (κ1) is 18.1. The number of hydrogen-bond acceptors (Lipinski definition) is 5. The van der Waals surface area contributed by atoms with Gasteiger partial charge in [-0.1, -0.05) is 11.6 Å². The van der Waals surface area contributed by atoms with Crippen molar-refractivity contribution < 1.29 is 9.47 Å². The molecule has 0 saturated carbocycles. The molecule has 0 spiro atoms. The molecule has 8 heteroatoms. The Labute approximate surface area is 165 Å². The Kier molecular flexibility index (Phi) is 4.75. The van der Waals surface area contributed by atoms with Crippen molar-refractivity contribution in [3.05, 3.63) is 76.1 Å². The van der Waals surface area contributed by atoms with Crippen molar-refractivity contribution in [2.45, 2.75) is 6.54 Å². The second-order valence-electron chi connectivity index (χ2n) is 6.15. The summed E-state index contributed by atoms with van der Waals surface area (Å²) in [5, 5.41) is 5.43. The van der Waals surface area contributed by atoms with Gasteiger partial charge in [0.2, 0.25) is 0 Å². The largest absolute Gasteiger partial charge is 0.497 e. The lowest BCUT2D eigenvalue weighted by Gasteiger charge is -2.07. The van der Waals surface area contributed by atoms with Gasteiger partial charge in [-0.3, -0.25) is 4.57 Å². The van der Waals surface area contributed by atoms with E-state index in [0.29, 0.717) is 16.6 Å². The first-order valence-electron chi connectivity index (χ1n) is 8.51. The quantitative estimate of drug-likeness (QED) is 0.484. The molecule has 0 aliphatic carbocycles. The third kappa shape index (κ3) is 3.32. The molecule has 0 atom stereocenters. The number of pyridine rings is 1. The van der Waals surface area contributed by atoms with Gasteiger partial charge in [0.1, 0.15) is 23.0 Å². The molecule has 2 aromatic carbocycles. The lowest BCUT2D eigenvalue weighted by molar-refractivity contribution is 0.414. The molecular weight excluding hydrogens is 380 g/mol. The maximum atomic E-state index is 12.8. The fraction of sp³-hybridized carbons (Fsp3) is 0.150. The number of methoxy groups -OCH3 is 2. The normalized spacial score (nSPS) is 11.0. The van der Waals surface area contributed by atoms with Gasteiger partial charge in [-0.05, 0) is 48.5 Å². The van der Waals surface area contributed by atoms with Gasteiger partial charge >= 0.3 is 5.69 Å². The highest BCUT2D eigenvalue weighted by Gasteiger charge is 2.11. The van der Waals surface area contributed by atoms with Crippen LogP contribution in [0.5, 0.6) is 11.5 Å². The summed E-state index contributed by atoms with van der Waals surface area (Å²) >= 11 is 6.34. The fourth-order valence-electron chi connectivity index (χ4n) is 2.94. The zero-order chi connectivity index (χ0) is 19.7. The van der Waals surface area contributed by atoms with E-state index in [4.69, 9.17) is 21.1 Å². The number of ether oxygens (including phenoxy) is 2. The first-order valence-corrected chi connectivity index (χ1v) is 8.89. The molecule has 0 radical (unpaired) electrons. The van der Waals surface area contributed by atoms with Crippen LogP contribution < -0.4 is 15.2 Å². The number of fused-ring (bicyclic) bond motifs is 1. The average molecular weight is 397 g/mol. The van der Waals surface area contributed by atoms with Crippen molar-refractivity contribution in [3.63, 3.8) is 0 Å². The van der Waals surface area contributed by atoms with E-state index < -0.39 is 0 Å². The van der Waals surface area contributed by atoms with E-state index in [2.05, 4.69) is 10.1 Å². The van der Waals surface area contributed by atoms with Crippen LogP contribution in [0.3, 0.4) is 0 Å². The van der Waals surface area contributed by atoms with Gasteiger partial charge in [0.15, 0.2) is 0 Å². The maximum Gasteiger partial charge on any atom is 0.350 e. The van der Waals surface area contributed by atoms with Crippen LogP contribution in [0.2, 0.25) is 5.15 Å². The van der Waals surface area contributed by atoms with Gasteiger partial charge < -0.3 is 9.47 Å². The smallest absolute Gasteiger partial charge is 0.350 e. The molecule has 0 fully saturated rings. The molecule has 0 unspecified atom stereocenters. The standard InChI is InChI=1S/C20H17ClN4O3/c1-27-16-5-3-15(4-6-16)25-20(26)24(12-22-25)11-14-9-13-10-17(28-2)7-8-18(13)23-19(14)21/h3-10,12H,11H2,1-2H3.